The average Bonchev–Trinajstić information content (AvgIpc) is 2.21. The second kappa shape index (κ2) is 7.94. The first-order valence-corrected chi connectivity index (χ1v) is 6.37. The molecule has 17 heavy (non-hydrogen) atoms. The van der Waals surface area contributed by atoms with Gasteiger partial charge in [0, 0.05) is 18.6 Å². The molecule has 0 saturated heterocycles. The zero-order chi connectivity index (χ0) is 13.4. The fourth-order valence-corrected chi connectivity index (χ4v) is 2.13. The van der Waals surface area contributed by atoms with Crippen LogP contribution in [0.5, 0.6) is 0 Å². The topological polar surface area (TPSA) is 109 Å². The highest BCUT2D eigenvalue weighted by Crippen LogP contribution is 2.10. The molecule has 0 aromatic heterocycles. The van der Waals surface area contributed by atoms with Gasteiger partial charge in [0.15, 0.2) is 0 Å². The smallest absolute Gasteiger partial charge is 0.326 e. The van der Waals surface area contributed by atoms with Crippen molar-refractivity contribution < 1.29 is 19.5 Å². The van der Waals surface area contributed by atoms with Gasteiger partial charge in [-0.05, 0) is 12.2 Å². The Bertz CT molecular complexity index is 296. The van der Waals surface area contributed by atoms with Crippen LogP contribution in [0.15, 0.2) is 0 Å². The highest BCUT2D eigenvalue weighted by atomic mass is 32.2. The van der Waals surface area contributed by atoms with Crippen molar-refractivity contribution in [3.8, 4) is 0 Å². The lowest BCUT2D eigenvalue weighted by Gasteiger charge is -2.13. The number of carboxylic acid groups (broad SMARTS) is 1. The van der Waals surface area contributed by atoms with Crippen LogP contribution >= 0.6 is 11.8 Å². The van der Waals surface area contributed by atoms with Gasteiger partial charge in [0.25, 0.3) is 0 Å². The van der Waals surface area contributed by atoms with Gasteiger partial charge < -0.3 is 16.2 Å². The van der Waals surface area contributed by atoms with Gasteiger partial charge >= 0.3 is 5.97 Å². The summed E-state index contributed by atoms with van der Waals surface area (Å²) in [6.07, 6.45) is 0.324. The highest BCUT2D eigenvalue weighted by molar-refractivity contribution is 7.99. The van der Waals surface area contributed by atoms with E-state index in [-0.39, 0.29) is 17.7 Å². The Labute approximate surface area is 104 Å². The Morgan fingerprint density at radius 1 is 1.41 bits per heavy atom. The van der Waals surface area contributed by atoms with Gasteiger partial charge in [0.05, 0.1) is 0 Å². The molecule has 0 aliphatic rings. The standard InChI is InChI=1S/C10H18N2O4S/c1-6(9(11)14)5-17-4-3-8(10(15)16)12-7(2)13/h6,8H,3-5H2,1-2H3,(H2,11,14)(H,12,13)(H,15,16). The molecule has 0 aromatic carbocycles. The number of hydrogen-bond donors (Lipinski definition) is 3. The van der Waals surface area contributed by atoms with E-state index >= 15 is 0 Å². The molecule has 98 valence electrons. The van der Waals surface area contributed by atoms with E-state index in [9.17, 15) is 14.4 Å². The number of nitrogens with one attached hydrogen (secondary N) is 1. The van der Waals surface area contributed by atoms with Crippen molar-refractivity contribution in [1.82, 2.24) is 5.32 Å². The zero-order valence-electron chi connectivity index (χ0n) is 9.93. The van der Waals surface area contributed by atoms with E-state index in [0.29, 0.717) is 17.9 Å². The van der Waals surface area contributed by atoms with Gasteiger partial charge in [-0.15, -0.1) is 0 Å². The summed E-state index contributed by atoms with van der Waals surface area (Å²) in [7, 11) is 0. The number of aliphatic carboxylic acids is 1. The lowest BCUT2D eigenvalue weighted by Crippen LogP contribution is -2.40. The molecule has 2 amide bonds. The predicted molar refractivity (Wildman–Crippen MR) is 65.5 cm³/mol. The van der Waals surface area contributed by atoms with Crippen LogP contribution in [0.1, 0.15) is 20.3 Å². The molecular weight excluding hydrogens is 244 g/mol. The van der Waals surface area contributed by atoms with Crippen molar-refractivity contribution in [1.29, 1.82) is 0 Å². The Morgan fingerprint density at radius 3 is 2.41 bits per heavy atom. The van der Waals surface area contributed by atoms with E-state index in [4.69, 9.17) is 10.8 Å². The predicted octanol–water partition coefficient (Wildman–Crippen LogP) is -0.180. The van der Waals surface area contributed by atoms with Crippen molar-refractivity contribution in [3.05, 3.63) is 0 Å². The van der Waals surface area contributed by atoms with Crippen LogP contribution in [-0.4, -0.2) is 40.4 Å². The maximum Gasteiger partial charge on any atom is 0.326 e. The largest absolute Gasteiger partial charge is 0.480 e. The summed E-state index contributed by atoms with van der Waals surface area (Å²) < 4.78 is 0. The minimum absolute atomic E-state index is 0.232. The van der Waals surface area contributed by atoms with Crippen LogP contribution in [0.3, 0.4) is 0 Å². The Balaban J connectivity index is 3.87. The number of primary amides is 1. The molecule has 0 aliphatic heterocycles. The summed E-state index contributed by atoms with van der Waals surface area (Å²) in [6, 6.07) is -0.871. The average molecular weight is 262 g/mol. The first kappa shape index (κ1) is 15.8. The summed E-state index contributed by atoms with van der Waals surface area (Å²) in [5, 5.41) is 11.2. The number of rotatable bonds is 8. The third kappa shape index (κ3) is 7.62. The molecular formula is C10H18N2O4S. The molecule has 2 unspecified atom stereocenters. The molecule has 2 atom stereocenters. The van der Waals surface area contributed by atoms with Crippen LogP contribution in [0.25, 0.3) is 0 Å². The summed E-state index contributed by atoms with van der Waals surface area (Å²) in [5.74, 6) is -0.911. The minimum Gasteiger partial charge on any atom is -0.480 e. The molecule has 0 heterocycles. The molecule has 0 fully saturated rings. The highest BCUT2D eigenvalue weighted by Gasteiger charge is 2.18. The molecule has 7 heteroatoms. The van der Waals surface area contributed by atoms with Crippen LogP contribution < -0.4 is 11.1 Å². The van der Waals surface area contributed by atoms with E-state index in [2.05, 4.69) is 5.32 Å². The van der Waals surface area contributed by atoms with Crippen molar-refractivity contribution in [2.45, 2.75) is 26.3 Å². The van der Waals surface area contributed by atoms with Crippen LogP contribution in [0, 0.1) is 5.92 Å². The second-order valence-electron chi connectivity index (χ2n) is 3.76. The summed E-state index contributed by atoms with van der Waals surface area (Å²) in [5.41, 5.74) is 5.09. The van der Waals surface area contributed by atoms with Crippen LogP contribution in [-0.2, 0) is 14.4 Å². The van der Waals surface area contributed by atoms with Gasteiger partial charge in [-0.3, -0.25) is 9.59 Å². The first-order chi connectivity index (χ1) is 7.84. The maximum atomic E-state index is 10.8. The molecule has 0 bridgehead atoms. The summed E-state index contributed by atoms with van der Waals surface area (Å²) in [6.45, 7) is 3.00. The van der Waals surface area contributed by atoms with Gasteiger partial charge in [-0.2, -0.15) is 11.8 Å². The van der Waals surface area contributed by atoms with Crippen LogP contribution in [0.4, 0.5) is 0 Å². The fourth-order valence-electron chi connectivity index (χ4n) is 1.05. The van der Waals surface area contributed by atoms with E-state index in [1.807, 2.05) is 0 Å². The number of nitrogens with two attached hydrogens (primary N) is 1. The van der Waals surface area contributed by atoms with Crippen molar-refractivity contribution >= 4 is 29.5 Å². The van der Waals surface area contributed by atoms with Gasteiger partial charge in [0.1, 0.15) is 6.04 Å². The molecule has 0 rings (SSSR count). The number of hydrogen-bond acceptors (Lipinski definition) is 4. The van der Waals surface area contributed by atoms with Gasteiger partial charge in [-0.1, -0.05) is 6.92 Å². The molecule has 0 spiro atoms. The normalized spacial score (nSPS) is 13.8. The van der Waals surface area contributed by atoms with Crippen LogP contribution in [0.2, 0.25) is 0 Å². The molecule has 0 saturated carbocycles. The summed E-state index contributed by atoms with van der Waals surface area (Å²) >= 11 is 1.45. The number of carboxylic acids is 1. The SMILES string of the molecule is CC(=O)NC(CCSCC(C)C(N)=O)C(=O)O. The number of carbonyl (C=O) groups excluding carboxylic acids is 2. The van der Waals surface area contributed by atoms with E-state index in [1.165, 1.54) is 18.7 Å². The van der Waals surface area contributed by atoms with E-state index in [0.717, 1.165) is 0 Å². The van der Waals surface area contributed by atoms with Gasteiger partial charge in [-0.25, -0.2) is 4.79 Å². The lowest BCUT2D eigenvalue weighted by atomic mass is 10.2. The molecule has 0 aliphatic carbocycles. The first-order valence-electron chi connectivity index (χ1n) is 5.21. The second-order valence-corrected chi connectivity index (χ2v) is 4.91. The summed E-state index contributed by atoms with van der Waals surface area (Å²) in [4.78, 5) is 32.3. The van der Waals surface area contributed by atoms with Crippen molar-refractivity contribution in [2.24, 2.45) is 11.7 Å². The third-order valence-electron chi connectivity index (χ3n) is 2.08. The molecule has 0 radical (unpaired) electrons. The Hall–Kier alpha value is -1.24. The molecule has 6 nitrogen and oxygen atoms in total. The van der Waals surface area contributed by atoms with Gasteiger partial charge in [0.2, 0.25) is 11.8 Å². The van der Waals surface area contributed by atoms with Crippen molar-refractivity contribution in [2.75, 3.05) is 11.5 Å². The quantitative estimate of drug-likeness (QED) is 0.526. The Morgan fingerprint density at radius 2 is 2.00 bits per heavy atom. The number of thioether (sulfide) groups is 1. The van der Waals surface area contributed by atoms with E-state index in [1.54, 1.807) is 6.92 Å². The molecule has 4 N–H and O–H groups in total. The number of amides is 2. The maximum absolute atomic E-state index is 10.8. The van der Waals surface area contributed by atoms with E-state index < -0.39 is 12.0 Å². The fraction of sp³-hybridized carbons (Fsp3) is 0.700. The third-order valence-corrected chi connectivity index (χ3v) is 3.34. The monoisotopic (exact) mass is 262 g/mol. The molecule has 0 aromatic rings. The number of carbonyl (C=O) groups is 3. The lowest BCUT2D eigenvalue weighted by molar-refractivity contribution is -0.141. The minimum atomic E-state index is -1.05. The van der Waals surface area contributed by atoms with Crippen molar-refractivity contribution in [3.63, 3.8) is 0 Å². The Kier molecular flexibility index (Phi) is 7.36. The zero-order valence-corrected chi connectivity index (χ0v) is 10.8.